The van der Waals surface area contributed by atoms with E-state index in [1.54, 1.807) is 0 Å². The second kappa shape index (κ2) is 7.36. The van der Waals surface area contributed by atoms with Crippen LogP contribution in [-0.2, 0) is 6.61 Å². The Balaban J connectivity index is 2.21. The summed E-state index contributed by atoms with van der Waals surface area (Å²) in [6.07, 6.45) is 2.60. The van der Waals surface area contributed by atoms with Crippen LogP contribution in [0.2, 0.25) is 0 Å². The number of rotatable bonds is 8. The molecule has 0 aliphatic heterocycles. The molecule has 0 saturated carbocycles. The number of ether oxygens (including phenoxy) is 1. The molecule has 4 heteroatoms. The molecule has 0 fully saturated rings. The summed E-state index contributed by atoms with van der Waals surface area (Å²) in [7, 11) is 0. The summed E-state index contributed by atoms with van der Waals surface area (Å²) in [5, 5.41) is 18.0. The van der Waals surface area contributed by atoms with Crippen LogP contribution in [0.1, 0.15) is 31.7 Å². The van der Waals surface area contributed by atoms with Crippen molar-refractivity contribution in [2.24, 2.45) is 5.73 Å². The van der Waals surface area contributed by atoms with Crippen molar-refractivity contribution in [2.45, 2.75) is 38.3 Å². The van der Waals surface area contributed by atoms with Gasteiger partial charge in [-0.1, -0.05) is 12.1 Å². The Morgan fingerprint density at radius 3 is 2.72 bits per heavy atom. The van der Waals surface area contributed by atoms with Crippen LogP contribution in [-0.4, -0.2) is 29.0 Å². The van der Waals surface area contributed by atoms with Gasteiger partial charge in [0.25, 0.3) is 0 Å². The van der Waals surface area contributed by atoms with Gasteiger partial charge in [-0.15, -0.1) is 0 Å². The molecule has 1 atom stereocenters. The van der Waals surface area contributed by atoms with E-state index in [2.05, 4.69) is 0 Å². The summed E-state index contributed by atoms with van der Waals surface area (Å²) in [5.74, 6) is 0.777. The van der Waals surface area contributed by atoms with Crippen molar-refractivity contribution in [1.82, 2.24) is 0 Å². The zero-order chi connectivity index (χ0) is 13.4. The summed E-state index contributed by atoms with van der Waals surface area (Å²) in [5.41, 5.74) is 6.19. The highest BCUT2D eigenvalue weighted by molar-refractivity contribution is 5.27. The molecule has 1 aromatic carbocycles. The average molecular weight is 253 g/mol. The van der Waals surface area contributed by atoms with Crippen molar-refractivity contribution < 1.29 is 14.9 Å². The molecule has 102 valence electrons. The van der Waals surface area contributed by atoms with Gasteiger partial charge in [0.15, 0.2) is 0 Å². The Hall–Kier alpha value is -1.10. The van der Waals surface area contributed by atoms with Crippen LogP contribution in [0, 0.1) is 0 Å². The maximum atomic E-state index is 9.01. The molecular weight excluding hydrogens is 230 g/mol. The number of nitrogens with two attached hydrogens (primary N) is 1. The van der Waals surface area contributed by atoms with Crippen LogP contribution in [0.5, 0.6) is 5.75 Å². The highest BCUT2D eigenvalue weighted by Crippen LogP contribution is 2.15. The van der Waals surface area contributed by atoms with Gasteiger partial charge >= 0.3 is 0 Å². The van der Waals surface area contributed by atoms with Gasteiger partial charge in [-0.2, -0.15) is 0 Å². The van der Waals surface area contributed by atoms with Crippen LogP contribution in [0.4, 0.5) is 0 Å². The molecule has 0 aliphatic rings. The number of benzene rings is 1. The van der Waals surface area contributed by atoms with Crippen molar-refractivity contribution >= 4 is 0 Å². The number of aliphatic hydroxyl groups is 2. The van der Waals surface area contributed by atoms with E-state index in [4.69, 9.17) is 20.7 Å². The van der Waals surface area contributed by atoms with E-state index in [9.17, 15) is 0 Å². The Labute approximate surface area is 108 Å². The third-order valence-corrected chi connectivity index (χ3v) is 2.85. The molecular formula is C14H23NO3. The molecule has 0 heterocycles. The maximum Gasteiger partial charge on any atom is 0.119 e. The Bertz CT molecular complexity index is 353. The molecule has 0 radical (unpaired) electrons. The number of hydrogen-bond acceptors (Lipinski definition) is 4. The van der Waals surface area contributed by atoms with Crippen LogP contribution < -0.4 is 10.5 Å². The summed E-state index contributed by atoms with van der Waals surface area (Å²) < 4.78 is 5.58. The van der Waals surface area contributed by atoms with Crippen molar-refractivity contribution in [3.63, 3.8) is 0 Å². The lowest BCUT2D eigenvalue weighted by atomic mass is 9.97. The van der Waals surface area contributed by atoms with Gasteiger partial charge in [-0.25, -0.2) is 0 Å². The van der Waals surface area contributed by atoms with E-state index < -0.39 is 5.54 Å². The lowest BCUT2D eigenvalue weighted by Crippen LogP contribution is -2.39. The first-order chi connectivity index (χ1) is 8.57. The first-order valence-corrected chi connectivity index (χ1v) is 6.30. The Kier molecular flexibility index (Phi) is 6.12. The topological polar surface area (TPSA) is 75.7 Å². The van der Waals surface area contributed by atoms with E-state index in [0.717, 1.165) is 30.6 Å². The molecule has 0 spiro atoms. The highest BCUT2D eigenvalue weighted by Gasteiger charge is 2.15. The van der Waals surface area contributed by atoms with Gasteiger partial charge in [0.05, 0.1) is 19.8 Å². The predicted molar refractivity (Wildman–Crippen MR) is 71.4 cm³/mol. The normalized spacial score (nSPS) is 14.2. The van der Waals surface area contributed by atoms with Crippen molar-refractivity contribution in [1.29, 1.82) is 0 Å². The molecule has 0 saturated heterocycles. The third-order valence-electron chi connectivity index (χ3n) is 2.85. The summed E-state index contributed by atoms with van der Waals surface area (Å²) in [6, 6.07) is 7.43. The van der Waals surface area contributed by atoms with Gasteiger partial charge in [0, 0.05) is 5.54 Å². The molecule has 1 aromatic rings. The minimum atomic E-state index is -0.489. The third kappa shape index (κ3) is 5.49. The summed E-state index contributed by atoms with van der Waals surface area (Å²) in [6.45, 7) is 2.50. The van der Waals surface area contributed by atoms with Crippen molar-refractivity contribution in [2.75, 3.05) is 13.2 Å². The zero-order valence-electron chi connectivity index (χ0n) is 10.9. The molecule has 1 unspecified atom stereocenters. The number of hydrogen-bond donors (Lipinski definition) is 3. The molecule has 18 heavy (non-hydrogen) atoms. The van der Waals surface area contributed by atoms with Gasteiger partial charge in [-0.3, -0.25) is 0 Å². The fourth-order valence-corrected chi connectivity index (χ4v) is 1.63. The van der Waals surface area contributed by atoms with Crippen LogP contribution in [0.3, 0.4) is 0 Å². The van der Waals surface area contributed by atoms with Gasteiger partial charge in [0.1, 0.15) is 5.75 Å². The monoisotopic (exact) mass is 253 g/mol. The van der Waals surface area contributed by atoms with Crippen LogP contribution in [0.25, 0.3) is 0 Å². The SMILES string of the molecule is CC(N)(CO)CCCCOc1cccc(CO)c1. The zero-order valence-corrected chi connectivity index (χ0v) is 10.9. The molecule has 0 aliphatic carbocycles. The van der Waals surface area contributed by atoms with Crippen molar-refractivity contribution in [3.8, 4) is 5.75 Å². The average Bonchev–Trinajstić information content (AvgIpc) is 2.38. The van der Waals surface area contributed by atoms with E-state index >= 15 is 0 Å². The molecule has 0 aromatic heterocycles. The fourth-order valence-electron chi connectivity index (χ4n) is 1.63. The highest BCUT2D eigenvalue weighted by atomic mass is 16.5. The van der Waals surface area contributed by atoms with Crippen LogP contribution >= 0.6 is 0 Å². The lowest BCUT2D eigenvalue weighted by molar-refractivity contribution is 0.194. The van der Waals surface area contributed by atoms with Gasteiger partial charge < -0.3 is 20.7 Å². The fraction of sp³-hybridized carbons (Fsp3) is 0.571. The quantitative estimate of drug-likeness (QED) is 0.613. The van der Waals surface area contributed by atoms with Gasteiger partial charge in [0.2, 0.25) is 0 Å². The van der Waals surface area contributed by atoms with Gasteiger partial charge in [-0.05, 0) is 43.9 Å². The predicted octanol–water partition coefficient (Wildman–Crippen LogP) is 1.44. The second-order valence-electron chi connectivity index (χ2n) is 4.92. The van der Waals surface area contributed by atoms with E-state index in [1.165, 1.54) is 0 Å². The second-order valence-corrected chi connectivity index (χ2v) is 4.92. The maximum absolute atomic E-state index is 9.01. The minimum Gasteiger partial charge on any atom is -0.494 e. The summed E-state index contributed by atoms with van der Waals surface area (Å²) >= 11 is 0. The largest absolute Gasteiger partial charge is 0.494 e. The number of aliphatic hydroxyl groups excluding tert-OH is 2. The first kappa shape index (κ1) is 15.0. The minimum absolute atomic E-state index is 0.00635. The standard InChI is InChI=1S/C14H23NO3/c1-14(15,11-17)7-2-3-8-18-13-6-4-5-12(9-13)10-16/h4-6,9,16-17H,2-3,7-8,10-11,15H2,1H3. The lowest BCUT2D eigenvalue weighted by Gasteiger charge is -2.21. The molecule has 0 bridgehead atoms. The van der Waals surface area contributed by atoms with E-state index in [0.29, 0.717) is 6.61 Å². The molecule has 0 amide bonds. The smallest absolute Gasteiger partial charge is 0.119 e. The van der Waals surface area contributed by atoms with Crippen molar-refractivity contribution in [3.05, 3.63) is 29.8 Å². The first-order valence-electron chi connectivity index (χ1n) is 6.30. The molecule has 1 rings (SSSR count). The van der Waals surface area contributed by atoms with Crippen LogP contribution in [0.15, 0.2) is 24.3 Å². The molecule has 4 nitrogen and oxygen atoms in total. The van der Waals surface area contributed by atoms with E-state index in [-0.39, 0.29) is 13.2 Å². The Morgan fingerprint density at radius 1 is 1.28 bits per heavy atom. The summed E-state index contributed by atoms with van der Waals surface area (Å²) in [4.78, 5) is 0. The Morgan fingerprint density at radius 2 is 2.06 bits per heavy atom. The molecule has 4 N–H and O–H groups in total. The number of unbranched alkanes of at least 4 members (excludes halogenated alkanes) is 1. The van der Waals surface area contributed by atoms with E-state index in [1.807, 2.05) is 31.2 Å².